The first-order valence-corrected chi connectivity index (χ1v) is 39.4. The Morgan fingerprint density at radius 2 is 0.663 bits per heavy atom. The lowest BCUT2D eigenvalue weighted by atomic mass is 9.96. The first-order valence-electron chi connectivity index (χ1n) is 39.4. The van der Waals surface area contributed by atoms with Gasteiger partial charge in [0.1, 0.15) is 73.2 Å². The van der Waals surface area contributed by atoms with Gasteiger partial charge in [-0.05, 0) is 38.5 Å². The number of aliphatic hydroxyl groups excluding tert-OH is 11. The average molecular weight is 1360 g/mol. The second-order valence-electron chi connectivity index (χ2n) is 28.5. The zero-order valence-electron chi connectivity index (χ0n) is 59.9. The molecule has 19 heteroatoms. The SMILES string of the molecule is CCCCCCCCCC/C=C\CCCCCCCCCCCCCCCCCCCCCC(=O)NC(COC1OC(CO)C(OC2OC(CO)C(OC3OC(CO)C(O)C(O)C3O)C(O)C2O)C(O)C1O)C(O)CCCCCCCCCCCCCCCCCCCCC. The van der Waals surface area contributed by atoms with Gasteiger partial charge in [-0.25, -0.2) is 0 Å². The Kier molecular flexibility index (Phi) is 53.6. The van der Waals surface area contributed by atoms with Crippen LogP contribution in [0.2, 0.25) is 0 Å². The summed E-state index contributed by atoms with van der Waals surface area (Å²) < 4.78 is 34.5. The van der Waals surface area contributed by atoms with Crippen molar-refractivity contribution < 1.29 is 89.4 Å². The summed E-state index contributed by atoms with van der Waals surface area (Å²) in [5, 5.41) is 121. The minimum atomic E-state index is -1.97. The van der Waals surface area contributed by atoms with Crippen molar-refractivity contribution in [2.24, 2.45) is 0 Å². The normalized spacial score (nSPS) is 27.2. The molecule has 3 aliphatic heterocycles. The molecular formula is C76H145NO18. The Bertz CT molecular complexity index is 1770. The molecule has 0 radical (unpaired) electrons. The van der Waals surface area contributed by atoms with E-state index in [1.807, 2.05) is 0 Å². The minimum Gasteiger partial charge on any atom is -0.394 e. The first-order chi connectivity index (χ1) is 46.3. The van der Waals surface area contributed by atoms with Crippen LogP contribution in [0, 0.1) is 0 Å². The molecule has 3 heterocycles. The Labute approximate surface area is 576 Å². The zero-order chi connectivity index (χ0) is 68.9. The van der Waals surface area contributed by atoms with Gasteiger partial charge in [-0.15, -0.1) is 0 Å². The Hall–Kier alpha value is -1.47. The van der Waals surface area contributed by atoms with Gasteiger partial charge >= 0.3 is 0 Å². The maximum atomic E-state index is 13.5. The monoisotopic (exact) mass is 1360 g/mol. The number of rotatable bonds is 63. The molecule has 562 valence electrons. The van der Waals surface area contributed by atoms with E-state index in [9.17, 15) is 61.0 Å². The molecule has 0 aliphatic carbocycles. The fourth-order valence-electron chi connectivity index (χ4n) is 13.7. The molecule has 17 unspecified atom stereocenters. The van der Waals surface area contributed by atoms with Gasteiger partial charge < -0.3 is 89.9 Å². The second kappa shape index (κ2) is 58.1. The third-order valence-corrected chi connectivity index (χ3v) is 20.1. The molecule has 3 aliphatic rings. The van der Waals surface area contributed by atoms with Crippen LogP contribution in [0.25, 0.3) is 0 Å². The zero-order valence-corrected chi connectivity index (χ0v) is 59.9. The van der Waals surface area contributed by atoms with Crippen molar-refractivity contribution in [2.75, 3.05) is 26.4 Å². The molecule has 0 spiro atoms. The van der Waals surface area contributed by atoms with Crippen molar-refractivity contribution >= 4 is 5.91 Å². The van der Waals surface area contributed by atoms with Gasteiger partial charge in [0.05, 0.1) is 38.6 Å². The lowest BCUT2D eigenvalue weighted by Crippen LogP contribution is -2.66. The van der Waals surface area contributed by atoms with Gasteiger partial charge in [0.15, 0.2) is 18.9 Å². The first kappa shape index (κ1) is 87.7. The van der Waals surface area contributed by atoms with Crippen LogP contribution in [0.4, 0.5) is 0 Å². The molecule has 17 atom stereocenters. The van der Waals surface area contributed by atoms with Crippen LogP contribution in [-0.2, 0) is 33.2 Å². The van der Waals surface area contributed by atoms with Gasteiger partial charge in [-0.1, -0.05) is 302 Å². The van der Waals surface area contributed by atoms with Crippen molar-refractivity contribution in [1.82, 2.24) is 5.32 Å². The second-order valence-corrected chi connectivity index (χ2v) is 28.5. The van der Waals surface area contributed by atoms with E-state index in [0.29, 0.717) is 12.8 Å². The van der Waals surface area contributed by atoms with Crippen LogP contribution in [0.15, 0.2) is 12.2 Å². The molecule has 3 rings (SSSR count). The van der Waals surface area contributed by atoms with Crippen LogP contribution in [0.5, 0.6) is 0 Å². The Morgan fingerprint density at radius 3 is 1.02 bits per heavy atom. The van der Waals surface area contributed by atoms with E-state index in [1.165, 1.54) is 257 Å². The molecule has 0 aromatic carbocycles. The topological polar surface area (TPSA) is 307 Å². The summed E-state index contributed by atoms with van der Waals surface area (Å²) in [7, 11) is 0. The lowest BCUT2D eigenvalue weighted by molar-refractivity contribution is -0.379. The number of unbranched alkanes of at least 4 members (excludes halogenated alkanes) is 45. The van der Waals surface area contributed by atoms with Crippen LogP contribution < -0.4 is 5.32 Å². The molecule has 1 amide bonds. The predicted octanol–water partition coefficient (Wildman–Crippen LogP) is 12.4. The van der Waals surface area contributed by atoms with Crippen LogP contribution in [0.3, 0.4) is 0 Å². The van der Waals surface area contributed by atoms with Gasteiger partial charge in [0.2, 0.25) is 5.91 Å². The van der Waals surface area contributed by atoms with Crippen molar-refractivity contribution in [3.05, 3.63) is 12.2 Å². The van der Waals surface area contributed by atoms with E-state index >= 15 is 0 Å². The molecule has 0 aromatic rings. The highest BCUT2D eigenvalue weighted by atomic mass is 16.8. The van der Waals surface area contributed by atoms with Crippen molar-refractivity contribution in [1.29, 1.82) is 0 Å². The van der Waals surface area contributed by atoms with Crippen LogP contribution >= 0.6 is 0 Å². The highest BCUT2D eigenvalue weighted by molar-refractivity contribution is 5.76. The molecule has 12 N–H and O–H groups in total. The third-order valence-electron chi connectivity index (χ3n) is 20.1. The molecule has 0 aromatic heterocycles. The maximum absolute atomic E-state index is 13.5. The van der Waals surface area contributed by atoms with E-state index in [1.54, 1.807) is 0 Å². The minimum absolute atomic E-state index is 0.235. The lowest BCUT2D eigenvalue weighted by Gasteiger charge is -2.48. The maximum Gasteiger partial charge on any atom is 0.220 e. The standard InChI is InChI=1S/C76H145NO18/c1-3-5-7-9-11-13-15-17-19-21-23-24-25-26-27-28-29-30-31-32-33-34-36-38-40-42-44-46-48-50-52-54-64(82)77-59(60(81)53-51-49-47-45-43-41-39-37-35-22-20-18-16-14-12-10-8-6-4-2)58-90-74-70(88)67(85)72(62(56-79)92-74)95-76-71(89)68(86)73(63(57-80)93-76)94-75-69(87)66(84)65(83)61(55-78)91-75/h21,23,59-63,65-76,78-81,83-89H,3-20,22,24-58H2,1-2H3,(H,77,82)/b23-21-. The van der Waals surface area contributed by atoms with E-state index in [2.05, 4.69) is 31.3 Å². The van der Waals surface area contributed by atoms with Crippen LogP contribution in [-0.4, -0.2) is 193 Å². The van der Waals surface area contributed by atoms with Crippen molar-refractivity contribution in [3.8, 4) is 0 Å². The van der Waals surface area contributed by atoms with Gasteiger partial charge in [0.25, 0.3) is 0 Å². The average Bonchev–Trinajstić information content (AvgIpc) is 0.787. The largest absolute Gasteiger partial charge is 0.394 e. The fraction of sp³-hybridized carbons (Fsp3) is 0.961. The molecule has 3 saturated heterocycles. The number of ether oxygens (including phenoxy) is 6. The molecule has 3 fully saturated rings. The number of carbonyl (C=O) groups is 1. The third kappa shape index (κ3) is 39.0. The smallest absolute Gasteiger partial charge is 0.220 e. The van der Waals surface area contributed by atoms with E-state index in [4.69, 9.17) is 28.4 Å². The van der Waals surface area contributed by atoms with Crippen molar-refractivity contribution in [2.45, 2.75) is 439 Å². The molecule has 0 bridgehead atoms. The molecule has 19 nitrogen and oxygen atoms in total. The van der Waals surface area contributed by atoms with E-state index in [-0.39, 0.29) is 18.9 Å². The summed E-state index contributed by atoms with van der Waals surface area (Å²) in [4.78, 5) is 13.5. The summed E-state index contributed by atoms with van der Waals surface area (Å²) in [6, 6.07) is -0.884. The van der Waals surface area contributed by atoms with Gasteiger partial charge in [-0.2, -0.15) is 0 Å². The summed E-state index contributed by atoms with van der Waals surface area (Å²) in [5.41, 5.74) is 0. The summed E-state index contributed by atoms with van der Waals surface area (Å²) in [5.74, 6) is -0.235. The summed E-state index contributed by atoms with van der Waals surface area (Å²) >= 11 is 0. The molecular weight excluding hydrogens is 1210 g/mol. The van der Waals surface area contributed by atoms with E-state index < -0.39 is 124 Å². The van der Waals surface area contributed by atoms with Gasteiger partial charge in [0, 0.05) is 6.42 Å². The fourth-order valence-corrected chi connectivity index (χ4v) is 13.7. The number of amides is 1. The number of nitrogens with one attached hydrogen (secondary N) is 1. The molecule has 0 saturated carbocycles. The highest BCUT2D eigenvalue weighted by Crippen LogP contribution is 2.33. The number of allylic oxidation sites excluding steroid dienone is 2. The summed E-state index contributed by atoms with van der Waals surface area (Å²) in [6.45, 7) is 1.85. The highest BCUT2D eigenvalue weighted by Gasteiger charge is 2.54. The number of hydrogen-bond donors (Lipinski definition) is 12. The Balaban J connectivity index is 1.35. The number of carbonyl (C=O) groups excluding carboxylic acids is 1. The summed E-state index contributed by atoms with van der Waals surface area (Å²) in [6.07, 6.45) is 40.2. The Morgan fingerprint density at radius 1 is 0.368 bits per heavy atom. The number of aliphatic hydroxyl groups is 11. The van der Waals surface area contributed by atoms with Gasteiger partial charge in [-0.3, -0.25) is 4.79 Å². The number of hydrogen-bond acceptors (Lipinski definition) is 18. The van der Waals surface area contributed by atoms with Crippen molar-refractivity contribution in [3.63, 3.8) is 0 Å². The molecule has 95 heavy (non-hydrogen) atoms. The van der Waals surface area contributed by atoms with E-state index in [0.717, 1.165) is 44.9 Å². The van der Waals surface area contributed by atoms with Crippen LogP contribution in [0.1, 0.15) is 335 Å². The quantitative estimate of drug-likeness (QED) is 0.0199. The predicted molar refractivity (Wildman–Crippen MR) is 374 cm³/mol.